The van der Waals surface area contributed by atoms with Crippen LogP contribution in [0, 0.1) is 12.3 Å². The van der Waals surface area contributed by atoms with Crippen LogP contribution in [0.2, 0.25) is 0 Å². The predicted molar refractivity (Wildman–Crippen MR) is 134 cm³/mol. The van der Waals surface area contributed by atoms with Crippen LogP contribution in [0.4, 0.5) is 5.69 Å². The molecule has 0 bridgehead atoms. The first-order valence-electron chi connectivity index (χ1n) is 11.0. The first kappa shape index (κ1) is 24.3. The van der Waals surface area contributed by atoms with Gasteiger partial charge in [-0.1, -0.05) is 18.9 Å². The highest BCUT2D eigenvalue weighted by molar-refractivity contribution is 8.18. The molecule has 172 valence electrons. The molecule has 6 nitrogen and oxygen atoms in total. The van der Waals surface area contributed by atoms with Gasteiger partial charge in [-0.3, -0.25) is 9.69 Å². The first-order chi connectivity index (χ1) is 16.1. The fraction of sp³-hybridized carbons (Fsp3) is 0.308. The van der Waals surface area contributed by atoms with Gasteiger partial charge in [0.15, 0.2) is 16.7 Å². The lowest BCUT2D eigenvalue weighted by atomic mass is 10.2. The quantitative estimate of drug-likeness (QED) is 0.343. The fourth-order valence-corrected chi connectivity index (χ4v) is 4.20. The highest BCUT2D eigenvalue weighted by Gasteiger charge is 2.32. The van der Waals surface area contributed by atoms with E-state index in [9.17, 15) is 4.79 Å². The molecule has 1 fully saturated rings. The normalized spacial score (nSPS) is 15.7. The van der Waals surface area contributed by atoms with E-state index >= 15 is 0 Å². The van der Waals surface area contributed by atoms with Crippen LogP contribution in [0.15, 0.2) is 52.4 Å². The highest BCUT2D eigenvalue weighted by Crippen LogP contribution is 2.36. The molecule has 0 aliphatic carbocycles. The molecule has 0 atom stereocenters. The molecule has 2 aromatic rings. The van der Waals surface area contributed by atoms with Gasteiger partial charge in [0.1, 0.15) is 12.4 Å². The Kier molecular flexibility index (Phi) is 8.85. The van der Waals surface area contributed by atoms with Gasteiger partial charge in [-0.05, 0) is 80.1 Å². The molecule has 33 heavy (non-hydrogen) atoms. The summed E-state index contributed by atoms with van der Waals surface area (Å²) in [6.07, 6.45) is 7.98. The number of carbonyl (C=O) groups is 1. The molecule has 0 saturated carbocycles. The zero-order chi connectivity index (χ0) is 23.6. The molecule has 0 radical (unpaired) electrons. The van der Waals surface area contributed by atoms with Gasteiger partial charge < -0.3 is 14.2 Å². The molecular formula is C26H28N2O4S. The van der Waals surface area contributed by atoms with Crippen molar-refractivity contribution in [3.63, 3.8) is 0 Å². The lowest BCUT2D eigenvalue weighted by Gasteiger charge is -2.14. The number of amidine groups is 1. The Balaban J connectivity index is 1.88. The molecule has 7 heteroatoms. The SMILES string of the molecule is C#CCOc1ccc(C=C2SC(=Nc3ccc(OCC)cc3)N(CCC)C2=O)cc1OCC. The van der Waals surface area contributed by atoms with Gasteiger partial charge in [-0.25, -0.2) is 4.99 Å². The molecule has 0 spiro atoms. The van der Waals surface area contributed by atoms with Crippen molar-refractivity contribution in [1.29, 1.82) is 0 Å². The van der Waals surface area contributed by atoms with Crippen molar-refractivity contribution in [3.8, 4) is 29.6 Å². The number of ether oxygens (including phenoxy) is 3. The maximum atomic E-state index is 13.1. The summed E-state index contributed by atoms with van der Waals surface area (Å²) in [6, 6.07) is 13.1. The van der Waals surface area contributed by atoms with Gasteiger partial charge >= 0.3 is 0 Å². The molecule has 0 aromatic heterocycles. The number of rotatable bonds is 10. The zero-order valence-corrected chi connectivity index (χ0v) is 20.0. The number of terminal acetylenes is 1. The van der Waals surface area contributed by atoms with Crippen LogP contribution in [-0.4, -0.2) is 42.3 Å². The number of hydrogen-bond donors (Lipinski definition) is 0. The number of benzene rings is 2. The predicted octanol–water partition coefficient (Wildman–Crippen LogP) is 5.51. The standard InChI is InChI=1S/C26H28N2O4S/c1-5-15-28-25(29)24(33-26(28)27-20-10-12-21(13-11-20)30-7-3)18-19-9-14-22(32-16-6-2)23(17-19)31-8-4/h2,9-14,17-18H,5,7-8,15-16H2,1,3-4H3. The fourth-order valence-electron chi connectivity index (χ4n) is 3.18. The molecule has 3 rings (SSSR count). The molecule has 1 saturated heterocycles. The molecular weight excluding hydrogens is 436 g/mol. The van der Waals surface area contributed by atoms with Crippen molar-refractivity contribution in [1.82, 2.24) is 4.90 Å². The Morgan fingerprint density at radius 3 is 2.45 bits per heavy atom. The van der Waals surface area contributed by atoms with Crippen LogP contribution in [0.3, 0.4) is 0 Å². The van der Waals surface area contributed by atoms with E-state index in [1.165, 1.54) is 11.8 Å². The number of nitrogens with zero attached hydrogens (tertiary/aromatic N) is 2. The Morgan fingerprint density at radius 1 is 1.03 bits per heavy atom. The average molecular weight is 465 g/mol. The second-order valence-electron chi connectivity index (χ2n) is 7.02. The van der Waals surface area contributed by atoms with E-state index in [4.69, 9.17) is 25.6 Å². The van der Waals surface area contributed by atoms with E-state index in [2.05, 4.69) is 5.92 Å². The van der Waals surface area contributed by atoms with Gasteiger partial charge in [-0.2, -0.15) is 0 Å². The van der Waals surface area contributed by atoms with Crippen molar-refractivity contribution in [3.05, 3.63) is 52.9 Å². The average Bonchev–Trinajstić information content (AvgIpc) is 3.09. The molecule has 1 amide bonds. The van der Waals surface area contributed by atoms with Crippen molar-refractivity contribution >= 4 is 34.6 Å². The molecule has 1 aliphatic rings. The summed E-state index contributed by atoms with van der Waals surface area (Å²) in [6.45, 7) is 7.74. The highest BCUT2D eigenvalue weighted by atomic mass is 32.2. The first-order valence-corrected chi connectivity index (χ1v) is 11.8. The minimum absolute atomic E-state index is 0.0582. The van der Waals surface area contributed by atoms with E-state index in [1.807, 2.05) is 63.2 Å². The van der Waals surface area contributed by atoms with Gasteiger partial charge in [0.05, 0.1) is 23.8 Å². The third-order valence-electron chi connectivity index (χ3n) is 4.58. The van der Waals surface area contributed by atoms with Crippen LogP contribution in [0.1, 0.15) is 32.8 Å². The van der Waals surface area contributed by atoms with E-state index in [-0.39, 0.29) is 12.5 Å². The number of amides is 1. The number of hydrogen-bond acceptors (Lipinski definition) is 6. The van der Waals surface area contributed by atoms with Crippen molar-refractivity contribution < 1.29 is 19.0 Å². The van der Waals surface area contributed by atoms with E-state index in [0.29, 0.717) is 41.3 Å². The Morgan fingerprint density at radius 2 is 1.79 bits per heavy atom. The van der Waals surface area contributed by atoms with Crippen molar-refractivity contribution in [2.24, 2.45) is 4.99 Å². The maximum absolute atomic E-state index is 13.1. The van der Waals surface area contributed by atoms with Gasteiger partial charge in [-0.15, -0.1) is 6.42 Å². The van der Waals surface area contributed by atoms with Crippen LogP contribution >= 0.6 is 11.8 Å². The second-order valence-corrected chi connectivity index (χ2v) is 8.03. The van der Waals surface area contributed by atoms with Gasteiger partial charge in [0.25, 0.3) is 5.91 Å². The van der Waals surface area contributed by atoms with E-state index in [1.54, 1.807) is 11.0 Å². The van der Waals surface area contributed by atoms with Crippen LogP contribution < -0.4 is 14.2 Å². The summed E-state index contributed by atoms with van der Waals surface area (Å²) in [4.78, 5) is 20.2. The van der Waals surface area contributed by atoms with Gasteiger partial charge in [0.2, 0.25) is 0 Å². The van der Waals surface area contributed by atoms with Crippen LogP contribution in [-0.2, 0) is 4.79 Å². The van der Waals surface area contributed by atoms with E-state index in [0.717, 1.165) is 23.4 Å². The molecule has 1 aliphatic heterocycles. The summed E-state index contributed by atoms with van der Waals surface area (Å²) in [5.41, 5.74) is 1.60. The van der Waals surface area contributed by atoms with Crippen molar-refractivity contribution in [2.75, 3.05) is 26.4 Å². The summed E-state index contributed by atoms with van der Waals surface area (Å²) in [7, 11) is 0. The molecule has 0 N–H and O–H groups in total. The Bertz CT molecular complexity index is 1070. The number of thioether (sulfide) groups is 1. The minimum atomic E-state index is -0.0582. The third kappa shape index (κ3) is 6.33. The maximum Gasteiger partial charge on any atom is 0.266 e. The van der Waals surface area contributed by atoms with Gasteiger partial charge in [0, 0.05) is 6.54 Å². The summed E-state index contributed by atoms with van der Waals surface area (Å²) in [5, 5.41) is 0.663. The van der Waals surface area contributed by atoms with Crippen LogP contribution in [0.5, 0.6) is 17.2 Å². The van der Waals surface area contributed by atoms with Crippen LogP contribution in [0.25, 0.3) is 6.08 Å². The largest absolute Gasteiger partial charge is 0.494 e. The second kappa shape index (κ2) is 12.0. The third-order valence-corrected chi connectivity index (χ3v) is 5.59. The monoisotopic (exact) mass is 464 g/mol. The number of aliphatic imine (C=N–C) groups is 1. The summed E-state index contributed by atoms with van der Waals surface area (Å²) in [5.74, 6) is 4.35. The Hall–Kier alpha value is -3.37. The molecule has 0 unspecified atom stereocenters. The summed E-state index contributed by atoms with van der Waals surface area (Å²) < 4.78 is 16.7. The number of carbonyl (C=O) groups excluding carboxylic acids is 1. The van der Waals surface area contributed by atoms with Crippen molar-refractivity contribution in [2.45, 2.75) is 27.2 Å². The topological polar surface area (TPSA) is 60.4 Å². The van der Waals surface area contributed by atoms with E-state index < -0.39 is 0 Å². The summed E-state index contributed by atoms with van der Waals surface area (Å²) >= 11 is 1.37. The Labute approximate surface area is 199 Å². The lowest BCUT2D eigenvalue weighted by molar-refractivity contribution is -0.122. The lowest BCUT2D eigenvalue weighted by Crippen LogP contribution is -2.29. The molecule has 1 heterocycles. The molecule has 2 aromatic carbocycles. The smallest absolute Gasteiger partial charge is 0.266 e. The zero-order valence-electron chi connectivity index (χ0n) is 19.2. The minimum Gasteiger partial charge on any atom is -0.494 e.